The Morgan fingerprint density at radius 3 is 2.88 bits per heavy atom. The third-order valence-electron chi connectivity index (χ3n) is 3.39. The third kappa shape index (κ3) is 2.46. The summed E-state index contributed by atoms with van der Waals surface area (Å²) in [5, 5.41) is 3.56. The second-order valence-electron chi connectivity index (χ2n) is 4.50. The van der Waals surface area contributed by atoms with Gasteiger partial charge in [-0.3, -0.25) is 0 Å². The van der Waals surface area contributed by atoms with Gasteiger partial charge in [-0.25, -0.2) is 0 Å². The fraction of sp³-hybridized carbons (Fsp3) is 0.467. The molecule has 0 bridgehead atoms. The highest BCUT2D eigenvalue weighted by Crippen LogP contribution is 2.21. The summed E-state index contributed by atoms with van der Waals surface area (Å²) in [5.41, 5.74) is 2.99. The fourth-order valence-electron chi connectivity index (χ4n) is 2.41. The van der Waals surface area contributed by atoms with Crippen molar-refractivity contribution in [2.45, 2.75) is 44.7 Å². The average molecular weight is 213 g/mol. The van der Waals surface area contributed by atoms with E-state index in [9.17, 15) is 0 Å². The van der Waals surface area contributed by atoms with Gasteiger partial charge in [0.15, 0.2) is 0 Å². The molecule has 1 aromatic rings. The summed E-state index contributed by atoms with van der Waals surface area (Å²) in [6.07, 6.45) is 9.99. The summed E-state index contributed by atoms with van der Waals surface area (Å²) in [6.45, 7) is 2.13. The molecule has 84 valence electrons. The molecule has 1 nitrogen and oxygen atoms in total. The summed E-state index contributed by atoms with van der Waals surface area (Å²) >= 11 is 0. The number of hydrogen-bond acceptors (Lipinski definition) is 1. The third-order valence-corrected chi connectivity index (χ3v) is 3.39. The van der Waals surface area contributed by atoms with Crippen LogP contribution in [0.3, 0.4) is 0 Å². The SMILES string of the molecule is C#CC(CC)NC1CCc2ccccc2C1. The van der Waals surface area contributed by atoms with Gasteiger partial charge < -0.3 is 5.32 Å². The maximum atomic E-state index is 5.48. The van der Waals surface area contributed by atoms with Gasteiger partial charge in [-0.05, 0) is 36.8 Å². The zero-order chi connectivity index (χ0) is 11.4. The molecule has 1 aliphatic rings. The molecule has 0 amide bonds. The second-order valence-corrected chi connectivity index (χ2v) is 4.50. The normalized spacial score (nSPS) is 20.9. The Labute approximate surface area is 98.3 Å². The standard InChI is InChI=1S/C15H19N/c1-3-14(4-2)16-15-10-9-12-7-5-6-8-13(12)11-15/h1,5-8,14-16H,4,9-11H2,2H3. The number of nitrogens with one attached hydrogen (secondary N) is 1. The lowest BCUT2D eigenvalue weighted by Crippen LogP contribution is -2.40. The van der Waals surface area contributed by atoms with Crippen molar-refractivity contribution in [3.05, 3.63) is 35.4 Å². The zero-order valence-electron chi connectivity index (χ0n) is 9.87. The largest absolute Gasteiger partial charge is 0.301 e. The van der Waals surface area contributed by atoms with Crippen LogP contribution in [0.5, 0.6) is 0 Å². The first-order valence-electron chi connectivity index (χ1n) is 6.12. The lowest BCUT2D eigenvalue weighted by molar-refractivity contribution is 0.426. The van der Waals surface area contributed by atoms with Gasteiger partial charge in [0, 0.05) is 6.04 Å². The van der Waals surface area contributed by atoms with Crippen LogP contribution in [-0.2, 0) is 12.8 Å². The Morgan fingerprint density at radius 2 is 2.19 bits per heavy atom. The first kappa shape index (κ1) is 11.2. The molecular formula is C15H19N. The van der Waals surface area contributed by atoms with E-state index in [2.05, 4.69) is 42.4 Å². The molecule has 1 aliphatic carbocycles. The molecule has 0 heterocycles. The molecule has 2 atom stereocenters. The predicted octanol–water partition coefficient (Wildman–Crippen LogP) is 2.55. The van der Waals surface area contributed by atoms with E-state index >= 15 is 0 Å². The molecule has 2 unspecified atom stereocenters. The molecule has 0 aromatic heterocycles. The minimum Gasteiger partial charge on any atom is -0.301 e. The highest BCUT2D eigenvalue weighted by molar-refractivity contribution is 5.30. The molecule has 1 N–H and O–H groups in total. The molecule has 1 heteroatoms. The number of benzene rings is 1. The van der Waals surface area contributed by atoms with E-state index in [1.54, 1.807) is 0 Å². The van der Waals surface area contributed by atoms with Crippen LogP contribution in [0.4, 0.5) is 0 Å². The molecule has 16 heavy (non-hydrogen) atoms. The first-order valence-corrected chi connectivity index (χ1v) is 6.12. The molecule has 0 aliphatic heterocycles. The van der Waals surface area contributed by atoms with E-state index in [1.165, 1.54) is 24.0 Å². The van der Waals surface area contributed by atoms with Gasteiger partial charge in [-0.2, -0.15) is 0 Å². The minimum atomic E-state index is 0.232. The number of aryl methyl sites for hydroxylation is 1. The van der Waals surface area contributed by atoms with Crippen LogP contribution in [0.2, 0.25) is 0 Å². The Kier molecular flexibility index (Phi) is 3.64. The molecular weight excluding hydrogens is 194 g/mol. The zero-order valence-corrected chi connectivity index (χ0v) is 9.87. The monoisotopic (exact) mass is 213 g/mol. The van der Waals surface area contributed by atoms with E-state index < -0.39 is 0 Å². The summed E-state index contributed by atoms with van der Waals surface area (Å²) in [4.78, 5) is 0. The van der Waals surface area contributed by atoms with Crippen LogP contribution in [0.1, 0.15) is 30.9 Å². The van der Waals surface area contributed by atoms with Crippen molar-refractivity contribution in [3.8, 4) is 12.3 Å². The van der Waals surface area contributed by atoms with Crippen molar-refractivity contribution >= 4 is 0 Å². The van der Waals surface area contributed by atoms with Gasteiger partial charge in [-0.1, -0.05) is 37.1 Å². The van der Waals surface area contributed by atoms with Crippen LogP contribution in [-0.4, -0.2) is 12.1 Å². The van der Waals surface area contributed by atoms with E-state index in [-0.39, 0.29) is 6.04 Å². The fourth-order valence-corrected chi connectivity index (χ4v) is 2.41. The smallest absolute Gasteiger partial charge is 0.0686 e. The quantitative estimate of drug-likeness (QED) is 0.761. The number of fused-ring (bicyclic) bond motifs is 1. The van der Waals surface area contributed by atoms with Crippen LogP contribution < -0.4 is 5.32 Å². The lowest BCUT2D eigenvalue weighted by atomic mass is 9.88. The summed E-state index contributed by atoms with van der Waals surface area (Å²) in [7, 11) is 0. The van der Waals surface area contributed by atoms with E-state index in [0.29, 0.717) is 6.04 Å². The van der Waals surface area contributed by atoms with E-state index in [4.69, 9.17) is 6.42 Å². The number of terminal acetylenes is 1. The molecule has 1 aromatic carbocycles. The Hall–Kier alpha value is -1.26. The first-order chi connectivity index (χ1) is 7.83. The van der Waals surface area contributed by atoms with Crippen LogP contribution in [0, 0.1) is 12.3 Å². The van der Waals surface area contributed by atoms with Gasteiger partial charge in [0.2, 0.25) is 0 Å². The maximum Gasteiger partial charge on any atom is 0.0686 e. The van der Waals surface area contributed by atoms with Crippen molar-refractivity contribution < 1.29 is 0 Å². The number of rotatable bonds is 3. The van der Waals surface area contributed by atoms with Crippen molar-refractivity contribution in [3.63, 3.8) is 0 Å². The van der Waals surface area contributed by atoms with Gasteiger partial charge in [0.1, 0.15) is 0 Å². The van der Waals surface area contributed by atoms with E-state index in [0.717, 1.165) is 12.8 Å². The van der Waals surface area contributed by atoms with Crippen LogP contribution >= 0.6 is 0 Å². The van der Waals surface area contributed by atoms with Crippen molar-refractivity contribution in [2.24, 2.45) is 0 Å². The van der Waals surface area contributed by atoms with Gasteiger partial charge >= 0.3 is 0 Å². The summed E-state index contributed by atoms with van der Waals surface area (Å²) in [5.74, 6) is 2.81. The molecule has 0 saturated carbocycles. The Morgan fingerprint density at radius 1 is 1.44 bits per heavy atom. The van der Waals surface area contributed by atoms with Crippen LogP contribution in [0.25, 0.3) is 0 Å². The summed E-state index contributed by atoms with van der Waals surface area (Å²) < 4.78 is 0. The second kappa shape index (κ2) is 5.18. The minimum absolute atomic E-state index is 0.232. The van der Waals surface area contributed by atoms with Crippen molar-refractivity contribution in [2.75, 3.05) is 0 Å². The molecule has 0 fully saturated rings. The highest BCUT2D eigenvalue weighted by atomic mass is 14.9. The van der Waals surface area contributed by atoms with Crippen molar-refractivity contribution in [1.82, 2.24) is 5.32 Å². The Balaban J connectivity index is 2.00. The molecule has 0 saturated heterocycles. The van der Waals surface area contributed by atoms with Crippen LogP contribution in [0.15, 0.2) is 24.3 Å². The average Bonchev–Trinajstić information content (AvgIpc) is 2.35. The lowest BCUT2D eigenvalue weighted by Gasteiger charge is -2.27. The molecule has 0 radical (unpaired) electrons. The molecule has 2 rings (SSSR count). The van der Waals surface area contributed by atoms with Gasteiger partial charge in [0.05, 0.1) is 6.04 Å². The van der Waals surface area contributed by atoms with Gasteiger partial charge in [-0.15, -0.1) is 6.42 Å². The number of hydrogen-bond donors (Lipinski definition) is 1. The Bertz CT molecular complexity index is 389. The predicted molar refractivity (Wildman–Crippen MR) is 68.3 cm³/mol. The highest BCUT2D eigenvalue weighted by Gasteiger charge is 2.19. The van der Waals surface area contributed by atoms with Gasteiger partial charge in [0.25, 0.3) is 0 Å². The summed E-state index contributed by atoms with van der Waals surface area (Å²) in [6, 6.07) is 9.51. The van der Waals surface area contributed by atoms with Crippen molar-refractivity contribution in [1.29, 1.82) is 0 Å². The molecule has 0 spiro atoms. The topological polar surface area (TPSA) is 12.0 Å². The van der Waals surface area contributed by atoms with E-state index in [1.807, 2.05) is 0 Å². The maximum absolute atomic E-state index is 5.48.